The van der Waals surface area contributed by atoms with Gasteiger partial charge in [-0.15, -0.1) is 0 Å². The Morgan fingerprint density at radius 2 is 2.30 bits per heavy atom. The van der Waals surface area contributed by atoms with Gasteiger partial charge >= 0.3 is 5.97 Å². The highest BCUT2D eigenvalue weighted by Gasteiger charge is 2.51. The molecule has 2 aliphatic carbocycles. The molecule has 0 bridgehead atoms. The van der Waals surface area contributed by atoms with Crippen molar-refractivity contribution in [2.45, 2.75) is 46.1 Å². The predicted molar refractivity (Wildman–Crippen MR) is 86.8 cm³/mol. The number of aliphatic hydroxyl groups excluding tert-OH is 1. The van der Waals surface area contributed by atoms with Crippen molar-refractivity contribution in [1.82, 2.24) is 0 Å². The number of aryl methyl sites for hydroxylation is 1. The van der Waals surface area contributed by atoms with Gasteiger partial charge in [0.25, 0.3) is 0 Å². The molecule has 1 heterocycles. The molecule has 0 fully saturated rings. The van der Waals surface area contributed by atoms with Gasteiger partial charge in [0, 0.05) is 17.4 Å². The molecule has 0 aromatic carbocycles. The number of aliphatic hydroxyl groups is 1. The minimum absolute atomic E-state index is 0.0795. The average molecular weight is 316 g/mol. The summed E-state index contributed by atoms with van der Waals surface area (Å²) in [7, 11) is 0. The fourth-order valence-corrected chi connectivity index (χ4v) is 3.94. The van der Waals surface area contributed by atoms with Gasteiger partial charge in [0.2, 0.25) is 0 Å². The van der Waals surface area contributed by atoms with Crippen LogP contribution in [0.25, 0.3) is 0 Å². The molecular weight excluding hydrogens is 292 g/mol. The second-order valence-corrected chi connectivity index (χ2v) is 6.97. The van der Waals surface area contributed by atoms with E-state index >= 15 is 0 Å². The van der Waals surface area contributed by atoms with Crippen molar-refractivity contribution in [3.05, 3.63) is 47.0 Å². The maximum atomic E-state index is 12.3. The van der Waals surface area contributed by atoms with Gasteiger partial charge in [0.1, 0.15) is 11.9 Å². The standard InChI is InChI=1S/C19H24O4/c1-11(9-20)18(21)23-17-16-12(2)10-22-15(16)8-14-7-5-6-13(3)19(14,17)4/h7,10,13,17,20H,1,5-6,8-9H2,2-4H3/t13-,17+,19+/m0/s1. The third kappa shape index (κ3) is 2.36. The van der Waals surface area contributed by atoms with Crippen LogP contribution in [0.15, 0.2) is 34.5 Å². The van der Waals surface area contributed by atoms with E-state index < -0.39 is 18.7 Å². The highest BCUT2D eigenvalue weighted by atomic mass is 16.5. The molecule has 23 heavy (non-hydrogen) atoms. The number of fused-ring (bicyclic) bond motifs is 2. The third-order valence-electron chi connectivity index (χ3n) is 5.67. The van der Waals surface area contributed by atoms with Crippen molar-refractivity contribution in [2.24, 2.45) is 11.3 Å². The smallest absolute Gasteiger partial charge is 0.336 e. The van der Waals surface area contributed by atoms with Crippen LogP contribution in [-0.4, -0.2) is 17.7 Å². The van der Waals surface area contributed by atoms with Gasteiger partial charge in [-0.05, 0) is 31.2 Å². The Morgan fingerprint density at radius 1 is 1.57 bits per heavy atom. The zero-order valence-electron chi connectivity index (χ0n) is 14.0. The third-order valence-corrected chi connectivity index (χ3v) is 5.67. The van der Waals surface area contributed by atoms with Crippen LogP contribution in [0.3, 0.4) is 0 Å². The molecule has 0 amide bonds. The summed E-state index contributed by atoms with van der Waals surface area (Å²) in [4.78, 5) is 12.3. The van der Waals surface area contributed by atoms with Gasteiger partial charge in [-0.2, -0.15) is 0 Å². The van der Waals surface area contributed by atoms with Gasteiger partial charge in [0.05, 0.1) is 18.4 Å². The van der Waals surface area contributed by atoms with Crippen LogP contribution in [0.4, 0.5) is 0 Å². The second kappa shape index (κ2) is 5.68. The van der Waals surface area contributed by atoms with Crippen LogP contribution in [0, 0.1) is 18.3 Å². The molecule has 0 aliphatic heterocycles. The second-order valence-electron chi connectivity index (χ2n) is 6.97. The lowest BCUT2D eigenvalue weighted by Gasteiger charge is -2.48. The monoisotopic (exact) mass is 316 g/mol. The van der Waals surface area contributed by atoms with E-state index in [-0.39, 0.29) is 11.0 Å². The summed E-state index contributed by atoms with van der Waals surface area (Å²) < 4.78 is 11.6. The van der Waals surface area contributed by atoms with Gasteiger partial charge in [0.15, 0.2) is 0 Å². The lowest BCUT2D eigenvalue weighted by molar-refractivity contribution is -0.154. The van der Waals surface area contributed by atoms with E-state index in [1.54, 1.807) is 6.26 Å². The lowest BCUT2D eigenvalue weighted by Crippen LogP contribution is -2.42. The van der Waals surface area contributed by atoms with Crippen molar-refractivity contribution in [1.29, 1.82) is 0 Å². The first-order valence-electron chi connectivity index (χ1n) is 8.15. The summed E-state index contributed by atoms with van der Waals surface area (Å²) in [6, 6.07) is 0. The normalized spacial score (nSPS) is 29.3. The summed E-state index contributed by atoms with van der Waals surface area (Å²) in [5, 5.41) is 9.16. The van der Waals surface area contributed by atoms with Crippen molar-refractivity contribution < 1.29 is 19.1 Å². The van der Waals surface area contributed by atoms with E-state index in [0.29, 0.717) is 5.92 Å². The zero-order valence-corrected chi connectivity index (χ0v) is 14.0. The van der Waals surface area contributed by atoms with Gasteiger partial charge in [-0.25, -0.2) is 4.79 Å². The quantitative estimate of drug-likeness (QED) is 0.525. The van der Waals surface area contributed by atoms with E-state index in [4.69, 9.17) is 14.3 Å². The van der Waals surface area contributed by atoms with Crippen molar-refractivity contribution in [3.63, 3.8) is 0 Å². The number of furan rings is 1. The number of esters is 1. The first-order valence-corrected chi connectivity index (χ1v) is 8.15. The number of allylic oxidation sites excluding steroid dienone is 1. The van der Waals surface area contributed by atoms with Gasteiger partial charge < -0.3 is 14.3 Å². The number of hydrogen-bond acceptors (Lipinski definition) is 4. The summed E-state index contributed by atoms with van der Waals surface area (Å²) in [6.07, 6.45) is 6.49. The van der Waals surface area contributed by atoms with E-state index in [0.717, 1.165) is 36.1 Å². The minimum atomic E-state index is -0.538. The number of hydrogen-bond donors (Lipinski definition) is 1. The SMILES string of the molecule is C=C(CO)C(=O)O[C@@H]1c2c(C)coc2CC2=CCC[C@H](C)[C@]21C. The van der Waals surface area contributed by atoms with E-state index in [1.165, 1.54) is 5.57 Å². The molecule has 0 saturated heterocycles. The Labute approximate surface area is 136 Å². The summed E-state index contributed by atoms with van der Waals surface area (Å²) in [5.74, 6) is 0.738. The highest BCUT2D eigenvalue weighted by Crippen LogP contribution is 2.57. The fraction of sp³-hybridized carbons (Fsp3) is 0.526. The van der Waals surface area contributed by atoms with E-state index in [2.05, 4.69) is 26.5 Å². The first-order chi connectivity index (χ1) is 10.9. The van der Waals surface area contributed by atoms with Gasteiger partial charge in [-0.3, -0.25) is 0 Å². The van der Waals surface area contributed by atoms with Crippen LogP contribution in [0.5, 0.6) is 0 Å². The minimum Gasteiger partial charge on any atom is -0.468 e. The summed E-state index contributed by atoms with van der Waals surface area (Å²) >= 11 is 0. The van der Waals surface area contributed by atoms with E-state index in [9.17, 15) is 4.79 Å². The maximum absolute atomic E-state index is 12.3. The molecule has 3 rings (SSSR count). The lowest BCUT2D eigenvalue weighted by atomic mass is 9.58. The van der Waals surface area contributed by atoms with Gasteiger partial charge in [-0.1, -0.05) is 32.1 Å². The number of carbonyl (C=O) groups excluding carboxylic acids is 1. The topological polar surface area (TPSA) is 59.7 Å². The number of rotatable bonds is 3. The molecule has 0 radical (unpaired) electrons. The summed E-state index contributed by atoms with van der Waals surface area (Å²) in [6.45, 7) is 9.57. The molecule has 1 N–H and O–H groups in total. The molecule has 1 aromatic rings. The van der Waals surface area contributed by atoms with Crippen LogP contribution in [0.2, 0.25) is 0 Å². The average Bonchev–Trinajstić information content (AvgIpc) is 2.89. The summed E-state index contributed by atoms with van der Waals surface area (Å²) in [5.41, 5.74) is 3.11. The predicted octanol–water partition coefficient (Wildman–Crippen LogP) is 3.64. The Kier molecular flexibility index (Phi) is 3.96. The first kappa shape index (κ1) is 16.1. The molecule has 0 saturated carbocycles. The van der Waals surface area contributed by atoms with Crippen molar-refractivity contribution in [2.75, 3.05) is 6.61 Å². The Bertz CT molecular complexity index is 682. The largest absolute Gasteiger partial charge is 0.468 e. The highest BCUT2D eigenvalue weighted by molar-refractivity contribution is 5.88. The Balaban J connectivity index is 2.09. The number of ether oxygens (including phenoxy) is 1. The van der Waals surface area contributed by atoms with Crippen LogP contribution < -0.4 is 0 Å². The van der Waals surface area contributed by atoms with Crippen molar-refractivity contribution in [3.8, 4) is 0 Å². The molecule has 3 atom stereocenters. The number of carbonyl (C=O) groups is 1. The van der Waals surface area contributed by atoms with Crippen LogP contribution in [0.1, 0.15) is 49.7 Å². The Hall–Kier alpha value is -1.81. The molecule has 124 valence electrons. The van der Waals surface area contributed by atoms with E-state index in [1.807, 2.05) is 6.92 Å². The molecule has 4 heteroatoms. The molecule has 4 nitrogen and oxygen atoms in total. The van der Waals surface area contributed by atoms with Crippen LogP contribution in [-0.2, 0) is 16.0 Å². The maximum Gasteiger partial charge on any atom is 0.336 e. The zero-order chi connectivity index (χ0) is 16.8. The molecule has 2 aliphatic rings. The molecule has 0 unspecified atom stereocenters. The van der Waals surface area contributed by atoms with Crippen LogP contribution >= 0.6 is 0 Å². The Morgan fingerprint density at radius 3 is 3.00 bits per heavy atom. The molecular formula is C19H24O4. The molecule has 0 spiro atoms. The fourth-order valence-electron chi connectivity index (χ4n) is 3.94. The van der Waals surface area contributed by atoms with Crippen molar-refractivity contribution >= 4 is 5.97 Å². The molecule has 1 aromatic heterocycles.